The Hall–Kier alpha value is -3.62. The second-order valence-electron chi connectivity index (χ2n) is 10.3. The van der Waals surface area contributed by atoms with Crippen LogP contribution in [0, 0.1) is 0 Å². The summed E-state index contributed by atoms with van der Waals surface area (Å²) in [5.74, 6) is 1.18. The number of aromatic nitrogens is 3. The van der Waals surface area contributed by atoms with Gasteiger partial charge >= 0.3 is 6.18 Å². The summed E-state index contributed by atoms with van der Waals surface area (Å²) in [4.78, 5) is 15.0. The number of nitrogen functional groups attached to an aromatic ring is 1. The van der Waals surface area contributed by atoms with Crippen molar-refractivity contribution in [3.63, 3.8) is 0 Å². The molecule has 0 unspecified atom stereocenters. The average Bonchev–Trinajstić information content (AvgIpc) is 3.01. The Bertz CT molecular complexity index is 1270. The van der Waals surface area contributed by atoms with Crippen molar-refractivity contribution in [3.05, 3.63) is 70.9 Å². The summed E-state index contributed by atoms with van der Waals surface area (Å²) in [6.07, 6.45) is 0.427. The van der Waals surface area contributed by atoms with E-state index in [0.717, 1.165) is 23.0 Å². The molecule has 1 aromatic carbocycles. The molecule has 190 valence electrons. The van der Waals surface area contributed by atoms with E-state index in [0.29, 0.717) is 18.1 Å². The van der Waals surface area contributed by atoms with Crippen LogP contribution in [0.1, 0.15) is 68.7 Å². The number of hydrogen-bond donors (Lipinski definition) is 2. The van der Waals surface area contributed by atoms with E-state index in [4.69, 9.17) is 15.7 Å². The highest BCUT2D eigenvalue weighted by Gasteiger charge is 2.36. The van der Waals surface area contributed by atoms with Gasteiger partial charge in [-0.2, -0.15) is 13.2 Å². The third kappa shape index (κ3) is 5.45. The molecular weight excluding hydrogens is 465 g/mol. The van der Waals surface area contributed by atoms with Crippen LogP contribution >= 0.6 is 0 Å². The molecule has 1 aliphatic rings. The molecule has 36 heavy (non-hydrogen) atoms. The molecule has 0 saturated heterocycles. The zero-order valence-electron chi connectivity index (χ0n) is 21.1. The standard InChI is InChI=1S/C27H31F3N6/c1-16(2)23-34-22-11-13-36(25-21(27(28,29)30)14-18(31)15-32-25)12-10-20(22)24(35-23)33-19-8-6-17(7-9-19)26(3,4)5/h6-10,12,14-16H,11,13,31H2,1-5H3,(H,33,34,35). The molecular formula is C27H31F3N6. The van der Waals surface area contributed by atoms with Crippen molar-refractivity contribution < 1.29 is 13.2 Å². The van der Waals surface area contributed by atoms with Crippen LogP contribution < -0.4 is 16.0 Å². The lowest BCUT2D eigenvalue weighted by atomic mass is 9.87. The molecule has 3 heterocycles. The highest BCUT2D eigenvalue weighted by Crippen LogP contribution is 2.38. The van der Waals surface area contributed by atoms with Crippen LogP contribution in [0.3, 0.4) is 0 Å². The molecule has 3 aromatic rings. The van der Waals surface area contributed by atoms with Gasteiger partial charge < -0.3 is 16.0 Å². The van der Waals surface area contributed by atoms with Crippen molar-refractivity contribution >= 4 is 29.1 Å². The van der Waals surface area contributed by atoms with Crippen molar-refractivity contribution in [1.29, 1.82) is 0 Å². The normalized spacial score (nSPS) is 14.1. The van der Waals surface area contributed by atoms with Crippen LogP contribution in [0.2, 0.25) is 0 Å². The predicted molar refractivity (Wildman–Crippen MR) is 138 cm³/mol. The molecule has 0 radical (unpaired) electrons. The van der Waals surface area contributed by atoms with Gasteiger partial charge in [-0.1, -0.05) is 46.8 Å². The maximum atomic E-state index is 13.7. The lowest BCUT2D eigenvalue weighted by Crippen LogP contribution is -2.24. The summed E-state index contributed by atoms with van der Waals surface area (Å²) in [6, 6.07) is 9.08. The van der Waals surface area contributed by atoms with Gasteiger partial charge in [-0.3, -0.25) is 0 Å². The van der Waals surface area contributed by atoms with Crippen LogP contribution in [0.5, 0.6) is 0 Å². The molecule has 6 nitrogen and oxygen atoms in total. The molecule has 0 atom stereocenters. The SMILES string of the molecule is CC(C)c1nc2c(c(Nc3ccc(C(C)(C)C)cc3)n1)C=CN(c1ncc(N)cc1C(F)(F)F)CC2. The van der Waals surface area contributed by atoms with E-state index in [1.54, 1.807) is 12.3 Å². The van der Waals surface area contributed by atoms with Crippen molar-refractivity contribution in [1.82, 2.24) is 15.0 Å². The first kappa shape index (κ1) is 25.5. The number of nitrogens with two attached hydrogens (primary N) is 1. The largest absolute Gasteiger partial charge is 0.420 e. The fraction of sp³-hybridized carbons (Fsp3) is 0.370. The molecule has 0 spiro atoms. The van der Waals surface area contributed by atoms with Crippen LogP contribution in [0.25, 0.3) is 6.08 Å². The topological polar surface area (TPSA) is 80.0 Å². The number of halogens is 3. The van der Waals surface area contributed by atoms with Gasteiger partial charge in [-0.05, 0) is 35.3 Å². The Morgan fingerprint density at radius 2 is 1.75 bits per heavy atom. The van der Waals surface area contributed by atoms with Crippen molar-refractivity contribution in [2.45, 2.75) is 58.5 Å². The quantitative estimate of drug-likeness (QED) is 0.420. The summed E-state index contributed by atoms with van der Waals surface area (Å²) < 4.78 is 41.2. The average molecular weight is 497 g/mol. The number of hydrogen-bond acceptors (Lipinski definition) is 6. The Morgan fingerprint density at radius 1 is 1.06 bits per heavy atom. The van der Waals surface area contributed by atoms with Gasteiger partial charge in [0.15, 0.2) is 0 Å². The molecule has 1 aliphatic heterocycles. The van der Waals surface area contributed by atoms with E-state index in [1.165, 1.54) is 16.7 Å². The van der Waals surface area contributed by atoms with Crippen LogP contribution in [0.4, 0.5) is 36.2 Å². The first-order valence-corrected chi connectivity index (χ1v) is 11.9. The molecule has 4 rings (SSSR count). The number of anilines is 4. The Morgan fingerprint density at radius 3 is 2.36 bits per heavy atom. The summed E-state index contributed by atoms with van der Waals surface area (Å²) in [6.45, 7) is 10.8. The van der Waals surface area contributed by atoms with E-state index >= 15 is 0 Å². The van der Waals surface area contributed by atoms with E-state index in [9.17, 15) is 13.2 Å². The fourth-order valence-electron chi connectivity index (χ4n) is 4.00. The second-order valence-corrected chi connectivity index (χ2v) is 10.3. The molecule has 0 saturated carbocycles. The number of pyridine rings is 1. The number of alkyl halides is 3. The summed E-state index contributed by atoms with van der Waals surface area (Å²) in [5, 5.41) is 3.40. The van der Waals surface area contributed by atoms with Crippen molar-refractivity contribution in [2.75, 3.05) is 22.5 Å². The van der Waals surface area contributed by atoms with Gasteiger partial charge in [0.2, 0.25) is 0 Å². The van der Waals surface area contributed by atoms with Crippen LogP contribution in [-0.2, 0) is 18.0 Å². The van der Waals surface area contributed by atoms with E-state index in [2.05, 4.69) is 43.2 Å². The second kappa shape index (κ2) is 9.44. The van der Waals surface area contributed by atoms with Crippen LogP contribution in [0.15, 0.2) is 42.7 Å². The minimum absolute atomic E-state index is 0.0347. The smallest absolute Gasteiger partial charge is 0.397 e. The highest BCUT2D eigenvalue weighted by atomic mass is 19.4. The molecule has 0 bridgehead atoms. The minimum Gasteiger partial charge on any atom is -0.397 e. The molecule has 9 heteroatoms. The van der Waals surface area contributed by atoms with Gasteiger partial charge in [0, 0.05) is 36.3 Å². The van der Waals surface area contributed by atoms with Crippen molar-refractivity contribution in [3.8, 4) is 0 Å². The van der Waals surface area contributed by atoms with E-state index in [-0.39, 0.29) is 29.4 Å². The number of nitrogens with zero attached hydrogens (tertiary/aromatic N) is 4. The van der Waals surface area contributed by atoms with Crippen molar-refractivity contribution in [2.24, 2.45) is 0 Å². The Labute approximate surface area is 209 Å². The van der Waals surface area contributed by atoms with Gasteiger partial charge in [0.1, 0.15) is 23.0 Å². The zero-order chi connectivity index (χ0) is 26.3. The van der Waals surface area contributed by atoms with Crippen LogP contribution in [-0.4, -0.2) is 21.5 Å². The fourth-order valence-corrected chi connectivity index (χ4v) is 4.00. The number of benzene rings is 1. The summed E-state index contributed by atoms with van der Waals surface area (Å²) >= 11 is 0. The lowest BCUT2D eigenvalue weighted by Gasteiger charge is -2.22. The number of fused-ring (bicyclic) bond motifs is 1. The van der Waals surface area contributed by atoms with Gasteiger partial charge in [-0.25, -0.2) is 15.0 Å². The summed E-state index contributed by atoms with van der Waals surface area (Å²) in [5.41, 5.74) is 8.32. The monoisotopic (exact) mass is 496 g/mol. The molecule has 2 aromatic heterocycles. The highest BCUT2D eigenvalue weighted by molar-refractivity contribution is 5.73. The molecule has 0 amide bonds. The third-order valence-corrected chi connectivity index (χ3v) is 6.05. The zero-order valence-corrected chi connectivity index (χ0v) is 21.1. The first-order valence-electron chi connectivity index (χ1n) is 11.9. The number of rotatable bonds is 4. The number of nitrogens with one attached hydrogen (secondary N) is 1. The Balaban J connectivity index is 1.72. The third-order valence-electron chi connectivity index (χ3n) is 6.05. The lowest BCUT2D eigenvalue weighted by molar-refractivity contribution is -0.137. The first-order chi connectivity index (χ1) is 16.8. The maximum Gasteiger partial charge on any atom is 0.420 e. The van der Waals surface area contributed by atoms with Gasteiger partial charge in [-0.15, -0.1) is 0 Å². The Kier molecular flexibility index (Phi) is 6.68. The van der Waals surface area contributed by atoms with E-state index in [1.807, 2.05) is 26.0 Å². The summed E-state index contributed by atoms with van der Waals surface area (Å²) in [7, 11) is 0. The maximum absolute atomic E-state index is 13.7. The van der Waals surface area contributed by atoms with E-state index < -0.39 is 11.7 Å². The van der Waals surface area contributed by atoms with Gasteiger partial charge in [0.25, 0.3) is 0 Å². The molecule has 0 fully saturated rings. The van der Waals surface area contributed by atoms with Gasteiger partial charge in [0.05, 0.1) is 17.6 Å². The predicted octanol–water partition coefficient (Wildman–Crippen LogP) is 6.67. The molecule has 0 aliphatic carbocycles. The molecule has 3 N–H and O–H groups in total. The minimum atomic E-state index is -4.58.